The van der Waals surface area contributed by atoms with E-state index in [1.807, 2.05) is 24.3 Å². The van der Waals surface area contributed by atoms with Gasteiger partial charge in [0.25, 0.3) is 0 Å². The minimum Gasteiger partial charge on any atom is -0.480 e. The van der Waals surface area contributed by atoms with Crippen LogP contribution in [0.1, 0.15) is 22.3 Å². The minimum absolute atomic E-state index is 0.338. The quantitative estimate of drug-likeness (QED) is 0.843. The first-order chi connectivity index (χ1) is 10.0. The highest BCUT2D eigenvalue weighted by atomic mass is 16.4. The van der Waals surface area contributed by atoms with Crippen molar-refractivity contribution in [3.05, 3.63) is 70.8 Å². The van der Waals surface area contributed by atoms with Gasteiger partial charge < -0.3 is 10.8 Å². The first kappa shape index (κ1) is 13.8. The number of nitrogens with two attached hydrogens (primary N) is 1. The van der Waals surface area contributed by atoms with E-state index in [9.17, 15) is 9.90 Å². The van der Waals surface area contributed by atoms with Crippen LogP contribution >= 0.6 is 0 Å². The molecule has 0 saturated heterocycles. The van der Waals surface area contributed by atoms with E-state index in [2.05, 4.69) is 24.3 Å². The number of aryl methyl sites for hydroxylation is 2. The van der Waals surface area contributed by atoms with E-state index in [1.54, 1.807) is 0 Å². The van der Waals surface area contributed by atoms with Crippen LogP contribution in [0, 0.1) is 0 Å². The molecule has 0 unspecified atom stereocenters. The Hall–Kier alpha value is -2.13. The van der Waals surface area contributed by atoms with Crippen molar-refractivity contribution in [1.29, 1.82) is 0 Å². The van der Waals surface area contributed by atoms with Gasteiger partial charge in [0.15, 0.2) is 0 Å². The summed E-state index contributed by atoms with van der Waals surface area (Å²) in [4.78, 5) is 11.7. The van der Waals surface area contributed by atoms with Gasteiger partial charge in [-0.05, 0) is 35.1 Å². The Labute approximate surface area is 124 Å². The molecular formula is C18H19NO2. The molecule has 3 heteroatoms. The molecule has 0 saturated carbocycles. The summed E-state index contributed by atoms with van der Waals surface area (Å²) in [5.41, 5.74) is 9.40. The van der Waals surface area contributed by atoms with Gasteiger partial charge in [0.05, 0.1) is 0 Å². The minimum atomic E-state index is -1.27. The second-order valence-electron chi connectivity index (χ2n) is 5.95. The first-order valence-corrected chi connectivity index (χ1v) is 7.23. The summed E-state index contributed by atoms with van der Waals surface area (Å²) in [6.45, 7) is 0. The lowest BCUT2D eigenvalue weighted by Gasteiger charge is -2.25. The summed E-state index contributed by atoms with van der Waals surface area (Å²) < 4.78 is 0. The Morgan fingerprint density at radius 2 is 1.14 bits per heavy atom. The van der Waals surface area contributed by atoms with Crippen LogP contribution in [-0.2, 0) is 30.5 Å². The van der Waals surface area contributed by atoms with Crippen molar-refractivity contribution in [2.45, 2.75) is 31.2 Å². The lowest BCUT2D eigenvalue weighted by atomic mass is 9.85. The number of carboxylic acid groups (broad SMARTS) is 1. The second kappa shape index (κ2) is 5.34. The average Bonchev–Trinajstić information content (AvgIpc) is 2.50. The number of rotatable bonds is 1. The molecule has 0 spiro atoms. The smallest absolute Gasteiger partial charge is 0.324 e. The third kappa shape index (κ3) is 2.98. The normalized spacial score (nSPS) is 16.8. The van der Waals surface area contributed by atoms with Crippen molar-refractivity contribution in [2.75, 3.05) is 0 Å². The van der Waals surface area contributed by atoms with E-state index >= 15 is 0 Å². The van der Waals surface area contributed by atoms with Crippen molar-refractivity contribution >= 4 is 5.97 Å². The van der Waals surface area contributed by atoms with E-state index in [1.165, 1.54) is 11.1 Å². The zero-order chi connectivity index (χ0) is 14.9. The molecule has 0 aromatic heterocycles. The van der Waals surface area contributed by atoms with Crippen LogP contribution in [0.4, 0.5) is 0 Å². The Morgan fingerprint density at radius 3 is 1.48 bits per heavy atom. The summed E-state index contributed by atoms with van der Waals surface area (Å²) in [5.74, 6) is -0.953. The number of benzene rings is 2. The lowest BCUT2D eigenvalue weighted by Crippen LogP contribution is -2.51. The Kier molecular flexibility index (Phi) is 3.52. The Balaban J connectivity index is 2.05. The van der Waals surface area contributed by atoms with Gasteiger partial charge in [0, 0.05) is 12.8 Å². The van der Waals surface area contributed by atoms with Gasteiger partial charge in [-0.25, -0.2) is 0 Å². The molecule has 0 amide bonds. The van der Waals surface area contributed by atoms with Gasteiger partial charge in [-0.15, -0.1) is 0 Å². The Bertz CT molecular complexity index is 594. The number of hydrogen-bond donors (Lipinski definition) is 2. The van der Waals surface area contributed by atoms with E-state index in [0.717, 1.165) is 24.0 Å². The topological polar surface area (TPSA) is 63.3 Å². The van der Waals surface area contributed by atoms with E-state index < -0.39 is 11.5 Å². The van der Waals surface area contributed by atoms with Gasteiger partial charge in [-0.3, -0.25) is 4.79 Å². The van der Waals surface area contributed by atoms with Crippen LogP contribution in [0.25, 0.3) is 0 Å². The van der Waals surface area contributed by atoms with E-state index in [4.69, 9.17) is 5.73 Å². The zero-order valence-electron chi connectivity index (χ0n) is 11.9. The summed E-state index contributed by atoms with van der Waals surface area (Å²) in [6.07, 6.45) is 2.66. The fraction of sp³-hybridized carbons (Fsp3) is 0.278. The third-order valence-corrected chi connectivity index (χ3v) is 4.21. The van der Waals surface area contributed by atoms with Crippen molar-refractivity contribution in [2.24, 2.45) is 5.73 Å². The fourth-order valence-corrected chi connectivity index (χ4v) is 2.88. The van der Waals surface area contributed by atoms with Gasteiger partial charge in [0.1, 0.15) is 5.54 Å². The van der Waals surface area contributed by atoms with Crippen molar-refractivity contribution in [3.8, 4) is 0 Å². The SMILES string of the molecule is NC1(C(=O)O)Cc2ccc(cc2)CCc2ccc(cc2)C1. The van der Waals surface area contributed by atoms with Gasteiger partial charge in [-0.2, -0.15) is 0 Å². The summed E-state index contributed by atoms with van der Waals surface area (Å²) in [6, 6.07) is 16.3. The molecule has 0 heterocycles. The molecule has 4 bridgehead atoms. The maximum atomic E-state index is 11.7. The summed E-state index contributed by atoms with van der Waals surface area (Å²) in [7, 11) is 0. The van der Waals surface area contributed by atoms with Crippen LogP contribution in [-0.4, -0.2) is 16.6 Å². The first-order valence-electron chi connectivity index (χ1n) is 7.23. The van der Waals surface area contributed by atoms with E-state index in [-0.39, 0.29) is 0 Å². The second-order valence-corrected chi connectivity index (χ2v) is 5.95. The van der Waals surface area contributed by atoms with Crippen LogP contribution in [0.5, 0.6) is 0 Å². The largest absolute Gasteiger partial charge is 0.480 e. The van der Waals surface area contributed by atoms with E-state index in [0.29, 0.717) is 12.8 Å². The average molecular weight is 281 g/mol. The molecule has 21 heavy (non-hydrogen) atoms. The third-order valence-electron chi connectivity index (χ3n) is 4.21. The van der Waals surface area contributed by atoms with Crippen molar-refractivity contribution in [3.63, 3.8) is 0 Å². The fourth-order valence-electron chi connectivity index (χ4n) is 2.88. The Morgan fingerprint density at radius 1 is 0.810 bits per heavy atom. The molecule has 2 aromatic rings. The van der Waals surface area contributed by atoms with Gasteiger partial charge in [0.2, 0.25) is 0 Å². The van der Waals surface area contributed by atoms with Gasteiger partial charge >= 0.3 is 5.97 Å². The van der Waals surface area contributed by atoms with Crippen LogP contribution < -0.4 is 5.73 Å². The highest BCUT2D eigenvalue weighted by Gasteiger charge is 2.34. The monoisotopic (exact) mass is 281 g/mol. The molecule has 4 aliphatic carbocycles. The number of carboxylic acids is 1. The van der Waals surface area contributed by atoms with Gasteiger partial charge in [-0.1, -0.05) is 48.5 Å². The van der Waals surface area contributed by atoms with Crippen molar-refractivity contribution in [1.82, 2.24) is 0 Å². The number of aliphatic carboxylic acids is 1. The molecule has 3 nitrogen and oxygen atoms in total. The summed E-state index contributed by atoms with van der Waals surface area (Å²) in [5, 5.41) is 9.55. The molecule has 0 fully saturated rings. The summed E-state index contributed by atoms with van der Waals surface area (Å²) >= 11 is 0. The molecule has 3 N–H and O–H groups in total. The molecule has 0 radical (unpaired) electrons. The highest BCUT2D eigenvalue weighted by molar-refractivity contribution is 5.79. The maximum absolute atomic E-state index is 11.7. The zero-order valence-corrected chi connectivity index (χ0v) is 11.9. The predicted octanol–water partition coefficient (Wildman–Crippen LogP) is 2.35. The van der Waals surface area contributed by atoms with Crippen LogP contribution in [0.3, 0.4) is 0 Å². The number of hydrogen-bond acceptors (Lipinski definition) is 2. The molecule has 6 rings (SSSR count). The molecule has 4 aliphatic rings. The lowest BCUT2D eigenvalue weighted by molar-refractivity contribution is -0.143. The highest BCUT2D eigenvalue weighted by Crippen LogP contribution is 2.20. The molecule has 0 aliphatic heterocycles. The molecule has 108 valence electrons. The maximum Gasteiger partial charge on any atom is 0.324 e. The number of carbonyl (C=O) groups is 1. The van der Waals surface area contributed by atoms with Crippen molar-refractivity contribution < 1.29 is 9.90 Å². The molecule has 0 atom stereocenters. The molecule has 2 aromatic carbocycles. The molecular weight excluding hydrogens is 262 g/mol. The van der Waals surface area contributed by atoms with Crippen LogP contribution in [0.15, 0.2) is 48.5 Å². The van der Waals surface area contributed by atoms with Crippen LogP contribution in [0.2, 0.25) is 0 Å². The predicted molar refractivity (Wildman–Crippen MR) is 82.3 cm³/mol. The standard InChI is InChI=1S/C18H19NO2/c19-18(17(20)21)11-15-7-3-13(4-8-15)1-2-14-5-9-16(12-18)10-6-14/h3-10H,1-2,11-12,19H2,(H,20,21).